The van der Waals surface area contributed by atoms with Gasteiger partial charge in [-0.25, -0.2) is 0 Å². The fourth-order valence-electron chi connectivity index (χ4n) is 5.79. The molecule has 17 heavy (non-hydrogen) atoms. The van der Waals surface area contributed by atoms with E-state index in [1.165, 1.54) is 19.3 Å². The lowest BCUT2D eigenvalue weighted by molar-refractivity contribution is 0.130. The summed E-state index contributed by atoms with van der Waals surface area (Å²) >= 11 is 0. The Kier molecular flexibility index (Phi) is 2.79. The highest BCUT2D eigenvalue weighted by atomic mass is 16.3. The van der Waals surface area contributed by atoms with Crippen LogP contribution in [0.15, 0.2) is 5.18 Å². The standard InChI is InChI=1S/C15H25NO/c1-8(2)12-4-9(3)14-13-6-10(15(12)14)5-11(13)7-16-17/h8-15H,4-7H2,1-3H3. The summed E-state index contributed by atoms with van der Waals surface area (Å²) in [5.74, 6) is 6.98. The molecule has 0 saturated heterocycles. The summed E-state index contributed by atoms with van der Waals surface area (Å²) in [4.78, 5) is 10.5. The Labute approximate surface area is 105 Å². The zero-order valence-corrected chi connectivity index (χ0v) is 11.3. The van der Waals surface area contributed by atoms with E-state index in [1.54, 1.807) is 0 Å². The molecule has 3 fully saturated rings. The summed E-state index contributed by atoms with van der Waals surface area (Å²) in [6.45, 7) is 7.84. The van der Waals surface area contributed by atoms with Gasteiger partial charge in [0, 0.05) is 0 Å². The number of rotatable bonds is 3. The van der Waals surface area contributed by atoms with Crippen molar-refractivity contribution in [3.05, 3.63) is 4.91 Å². The largest absolute Gasteiger partial charge is 0.151 e. The van der Waals surface area contributed by atoms with Gasteiger partial charge in [0.15, 0.2) is 0 Å². The molecule has 0 radical (unpaired) electrons. The molecule has 0 aromatic rings. The minimum Gasteiger partial charge on any atom is -0.151 e. The van der Waals surface area contributed by atoms with Crippen molar-refractivity contribution >= 4 is 0 Å². The summed E-state index contributed by atoms with van der Waals surface area (Å²) in [5, 5.41) is 3.18. The van der Waals surface area contributed by atoms with Gasteiger partial charge in [-0.15, -0.1) is 0 Å². The third-order valence-corrected chi connectivity index (χ3v) is 6.23. The number of hydrogen-bond donors (Lipinski definition) is 0. The molecule has 2 bridgehead atoms. The van der Waals surface area contributed by atoms with E-state index in [1.807, 2.05) is 0 Å². The second kappa shape index (κ2) is 4.07. The van der Waals surface area contributed by atoms with Gasteiger partial charge in [-0.1, -0.05) is 25.9 Å². The smallest absolute Gasteiger partial charge is 0.0842 e. The van der Waals surface area contributed by atoms with E-state index in [4.69, 9.17) is 0 Å². The Bertz CT molecular complexity index is 314. The molecule has 3 aliphatic rings. The van der Waals surface area contributed by atoms with Crippen molar-refractivity contribution in [1.29, 1.82) is 0 Å². The highest BCUT2D eigenvalue weighted by molar-refractivity contribution is 5.08. The van der Waals surface area contributed by atoms with Crippen molar-refractivity contribution in [2.45, 2.75) is 40.0 Å². The van der Waals surface area contributed by atoms with Gasteiger partial charge in [0.1, 0.15) is 0 Å². The fraction of sp³-hybridized carbons (Fsp3) is 1.00. The van der Waals surface area contributed by atoms with Crippen molar-refractivity contribution < 1.29 is 0 Å². The molecule has 3 aliphatic carbocycles. The molecule has 0 aromatic heterocycles. The highest BCUT2D eigenvalue weighted by Gasteiger charge is 2.59. The topological polar surface area (TPSA) is 29.4 Å². The zero-order chi connectivity index (χ0) is 12.2. The molecule has 2 heteroatoms. The molecular formula is C15H25NO. The first-order chi connectivity index (χ1) is 8.13. The Morgan fingerprint density at radius 3 is 2.59 bits per heavy atom. The molecule has 0 aliphatic heterocycles. The molecule has 3 saturated carbocycles. The van der Waals surface area contributed by atoms with Gasteiger partial charge in [-0.3, -0.25) is 0 Å². The normalized spacial score (nSPS) is 52.1. The van der Waals surface area contributed by atoms with Gasteiger partial charge in [-0.05, 0) is 66.6 Å². The lowest BCUT2D eigenvalue weighted by Crippen LogP contribution is -2.31. The lowest BCUT2D eigenvalue weighted by Gasteiger charge is -2.35. The summed E-state index contributed by atoms with van der Waals surface area (Å²) in [7, 11) is 0. The second-order valence-corrected chi connectivity index (χ2v) is 7.24. The average Bonchev–Trinajstić information content (AvgIpc) is 2.90. The molecule has 7 unspecified atom stereocenters. The van der Waals surface area contributed by atoms with Crippen LogP contribution in [0.5, 0.6) is 0 Å². The van der Waals surface area contributed by atoms with E-state index in [2.05, 4.69) is 25.9 Å². The van der Waals surface area contributed by atoms with Gasteiger partial charge in [0.25, 0.3) is 0 Å². The van der Waals surface area contributed by atoms with Crippen LogP contribution in [-0.4, -0.2) is 6.54 Å². The van der Waals surface area contributed by atoms with Crippen molar-refractivity contribution in [1.82, 2.24) is 0 Å². The van der Waals surface area contributed by atoms with Crippen LogP contribution in [0.1, 0.15) is 40.0 Å². The molecule has 2 nitrogen and oxygen atoms in total. The van der Waals surface area contributed by atoms with E-state index in [0.717, 1.165) is 41.4 Å². The molecule has 0 heterocycles. The first-order valence-electron chi connectivity index (χ1n) is 7.42. The molecule has 3 rings (SSSR count). The van der Waals surface area contributed by atoms with Gasteiger partial charge < -0.3 is 0 Å². The van der Waals surface area contributed by atoms with Crippen LogP contribution in [-0.2, 0) is 0 Å². The van der Waals surface area contributed by atoms with Gasteiger partial charge in [0.05, 0.1) is 6.54 Å². The van der Waals surface area contributed by atoms with Gasteiger partial charge in [0.2, 0.25) is 0 Å². The Morgan fingerprint density at radius 1 is 1.18 bits per heavy atom. The van der Waals surface area contributed by atoms with E-state index in [9.17, 15) is 4.91 Å². The quantitative estimate of drug-likeness (QED) is 0.681. The molecule has 0 spiro atoms. The second-order valence-electron chi connectivity index (χ2n) is 7.24. The summed E-state index contributed by atoms with van der Waals surface area (Å²) in [6.07, 6.45) is 4.14. The Morgan fingerprint density at radius 2 is 1.94 bits per heavy atom. The Balaban J connectivity index is 1.81. The van der Waals surface area contributed by atoms with Crippen LogP contribution >= 0.6 is 0 Å². The summed E-state index contributed by atoms with van der Waals surface area (Å²) < 4.78 is 0. The number of hydrogen-bond acceptors (Lipinski definition) is 2. The van der Waals surface area contributed by atoms with Crippen molar-refractivity contribution in [2.75, 3.05) is 6.54 Å². The van der Waals surface area contributed by atoms with Crippen LogP contribution in [0.4, 0.5) is 0 Å². The number of nitroso groups, excluding NO2 is 1. The van der Waals surface area contributed by atoms with Crippen LogP contribution in [0, 0.1) is 52.3 Å². The van der Waals surface area contributed by atoms with Gasteiger partial charge in [-0.2, -0.15) is 4.91 Å². The molecular weight excluding hydrogens is 210 g/mol. The van der Waals surface area contributed by atoms with Crippen LogP contribution in [0.3, 0.4) is 0 Å². The third-order valence-electron chi connectivity index (χ3n) is 6.23. The predicted octanol–water partition coefficient (Wildman–Crippen LogP) is 3.95. The van der Waals surface area contributed by atoms with Crippen LogP contribution < -0.4 is 0 Å². The fourth-order valence-corrected chi connectivity index (χ4v) is 5.79. The maximum atomic E-state index is 10.5. The van der Waals surface area contributed by atoms with Gasteiger partial charge >= 0.3 is 0 Å². The average molecular weight is 235 g/mol. The van der Waals surface area contributed by atoms with Crippen LogP contribution in [0.2, 0.25) is 0 Å². The number of nitrogens with zero attached hydrogens (tertiary/aromatic N) is 1. The lowest BCUT2D eigenvalue weighted by atomic mass is 9.70. The molecule has 0 amide bonds. The zero-order valence-electron chi connectivity index (χ0n) is 11.3. The first kappa shape index (κ1) is 11.7. The first-order valence-corrected chi connectivity index (χ1v) is 7.42. The molecule has 96 valence electrons. The van der Waals surface area contributed by atoms with E-state index in [-0.39, 0.29) is 0 Å². The Hall–Kier alpha value is -0.400. The van der Waals surface area contributed by atoms with E-state index < -0.39 is 0 Å². The minimum atomic E-state index is 0.587. The highest BCUT2D eigenvalue weighted by Crippen LogP contribution is 2.65. The molecule has 7 atom stereocenters. The third kappa shape index (κ3) is 1.59. The van der Waals surface area contributed by atoms with E-state index >= 15 is 0 Å². The monoisotopic (exact) mass is 235 g/mol. The maximum absolute atomic E-state index is 10.5. The minimum absolute atomic E-state index is 0.587. The molecule has 0 N–H and O–H groups in total. The maximum Gasteiger partial charge on any atom is 0.0842 e. The van der Waals surface area contributed by atoms with Crippen molar-refractivity contribution in [3.63, 3.8) is 0 Å². The predicted molar refractivity (Wildman–Crippen MR) is 69.5 cm³/mol. The van der Waals surface area contributed by atoms with Crippen molar-refractivity contribution in [2.24, 2.45) is 52.5 Å². The SMILES string of the molecule is CC(C)C1CC(C)C2C3CC(CC3CN=O)C12. The van der Waals surface area contributed by atoms with Crippen LogP contribution in [0.25, 0.3) is 0 Å². The molecule has 0 aromatic carbocycles. The number of fused-ring (bicyclic) bond motifs is 5. The summed E-state index contributed by atoms with van der Waals surface area (Å²) in [6, 6.07) is 0. The van der Waals surface area contributed by atoms with E-state index in [0.29, 0.717) is 12.5 Å². The summed E-state index contributed by atoms with van der Waals surface area (Å²) in [5.41, 5.74) is 0. The van der Waals surface area contributed by atoms with Crippen molar-refractivity contribution in [3.8, 4) is 0 Å².